The Labute approximate surface area is 121 Å². The maximum Gasteiger partial charge on any atom is 0.0184 e. The molecular weight excluding hydrogens is 249 g/mol. The molecule has 0 aliphatic heterocycles. The Hall–Kier alpha value is -0.390. The molecule has 0 aliphatic rings. The first-order valence-electron chi connectivity index (χ1n) is 7.16. The maximum absolute atomic E-state index is 6.00. The van der Waals surface area contributed by atoms with E-state index in [2.05, 4.69) is 60.6 Å². The molecule has 107 valence electrons. The highest BCUT2D eigenvalue weighted by atomic mass is 31.1. The zero-order valence-corrected chi connectivity index (χ0v) is 14.5. The summed E-state index contributed by atoms with van der Waals surface area (Å²) in [5, 5.41) is 1.45. The van der Waals surface area contributed by atoms with Gasteiger partial charge in [0.25, 0.3) is 0 Å². The van der Waals surface area contributed by atoms with Crippen LogP contribution < -0.4 is 11.0 Å². The minimum absolute atomic E-state index is 0.169. The van der Waals surface area contributed by atoms with E-state index >= 15 is 0 Å². The second-order valence-corrected chi connectivity index (χ2v) is 8.61. The van der Waals surface area contributed by atoms with Crippen LogP contribution in [0.2, 0.25) is 0 Å². The van der Waals surface area contributed by atoms with Gasteiger partial charge in [0.1, 0.15) is 0 Å². The quantitative estimate of drug-likeness (QED) is 0.818. The van der Waals surface area contributed by atoms with Crippen LogP contribution in [0.5, 0.6) is 0 Å². The average molecular weight is 278 g/mol. The third kappa shape index (κ3) is 4.04. The molecule has 1 radical (unpaired) electrons. The molecule has 0 spiro atoms. The Balaban J connectivity index is 3.55. The molecule has 0 heterocycles. The molecular formula is C17H29NP. The molecule has 0 saturated carbocycles. The molecule has 0 saturated heterocycles. The van der Waals surface area contributed by atoms with Gasteiger partial charge in [0.2, 0.25) is 0 Å². The van der Waals surface area contributed by atoms with Crippen LogP contribution in [-0.2, 0) is 17.4 Å². The van der Waals surface area contributed by atoms with Crippen molar-refractivity contribution in [3.8, 4) is 0 Å². The Kier molecular flexibility index (Phi) is 5.21. The molecule has 0 fully saturated rings. The first-order valence-corrected chi connectivity index (χ1v) is 8.24. The summed E-state index contributed by atoms with van der Waals surface area (Å²) in [5.74, 6) is 0. The lowest BCUT2D eigenvalue weighted by Gasteiger charge is -2.29. The van der Waals surface area contributed by atoms with E-state index in [0.29, 0.717) is 6.54 Å². The smallest absolute Gasteiger partial charge is 0.0184 e. The highest BCUT2D eigenvalue weighted by Crippen LogP contribution is 2.32. The van der Waals surface area contributed by atoms with E-state index in [9.17, 15) is 0 Å². The summed E-state index contributed by atoms with van der Waals surface area (Å²) in [6.45, 7) is 16.6. The number of hydrogen-bond donors (Lipinski definition) is 1. The third-order valence-corrected chi connectivity index (χ3v) is 4.56. The minimum Gasteiger partial charge on any atom is -0.326 e. The van der Waals surface area contributed by atoms with E-state index in [1.165, 1.54) is 30.6 Å². The van der Waals surface area contributed by atoms with Crippen molar-refractivity contribution in [3.63, 3.8) is 0 Å². The molecule has 0 atom stereocenters. The van der Waals surface area contributed by atoms with Gasteiger partial charge in [-0.15, -0.1) is 0 Å². The van der Waals surface area contributed by atoms with Crippen LogP contribution in [-0.4, -0.2) is 6.16 Å². The van der Waals surface area contributed by atoms with E-state index in [1.807, 2.05) is 0 Å². The van der Waals surface area contributed by atoms with Crippen molar-refractivity contribution in [1.82, 2.24) is 0 Å². The second kappa shape index (κ2) is 5.94. The van der Waals surface area contributed by atoms with Crippen molar-refractivity contribution in [1.29, 1.82) is 0 Å². The second-order valence-electron chi connectivity index (χ2n) is 7.21. The normalized spacial score (nSPS) is 13.5. The Morgan fingerprint density at radius 1 is 1.00 bits per heavy atom. The van der Waals surface area contributed by atoms with Gasteiger partial charge in [-0.05, 0) is 47.6 Å². The number of hydrogen-bond acceptors (Lipinski definition) is 1. The van der Waals surface area contributed by atoms with Crippen LogP contribution in [0, 0.1) is 0 Å². The summed E-state index contributed by atoms with van der Waals surface area (Å²) in [4.78, 5) is 0. The lowest BCUT2D eigenvalue weighted by Crippen LogP contribution is -2.26. The minimum atomic E-state index is 0.169. The fraction of sp³-hybridized carbons (Fsp3) is 0.647. The van der Waals surface area contributed by atoms with E-state index in [1.54, 1.807) is 0 Å². The van der Waals surface area contributed by atoms with Crippen molar-refractivity contribution < 1.29 is 0 Å². The molecule has 2 N–H and O–H groups in total. The Morgan fingerprint density at radius 3 is 1.95 bits per heavy atom. The molecule has 2 heteroatoms. The van der Waals surface area contributed by atoms with Crippen molar-refractivity contribution in [2.75, 3.05) is 6.16 Å². The predicted molar refractivity (Wildman–Crippen MR) is 88.8 cm³/mol. The highest BCUT2D eigenvalue weighted by Gasteiger charge is 2.24. The van der Waals surface area contributed by atoms with Crippen LogP contribution in [0.25, 0.3) is 0 Å². The molecule has 1 aromatic carbocycles. The van der Waals surface area contributed by atoms with Crippen molar-refractivity contribution in [2.45, 2.75) is 65.8 Å². The van der Waals surface area contributed by atoms with Gasteiger partial charge in [-0.1, -0.05) is 60.6 Å². The molecule has 0 unspecified atom stereocenters. The summed E-state index contributed by atoms with van der Waals surface area (Å²) in [6.07, 6.45) is 1.14. The van der Waals surface area contributed by atoms with Gasteiger partial charge in [0.05, 0.1) is 0 Å². The van der Waals surface area contributed by atoms with Crippen LogP contribution in [0.1, 0.15) is 65.2 Å². The summed E-state index contributed by atoms with van der Waals surface area (Å²) in [6, 6.07) is 4.71. The number of benzene rings is 1. The van der Waals surface area contributed by atoms with Crippen molar-refractivity contribution >= 4 is 13.9 Å². The van der Waals surface area contributed by atoms with Crippen LogP contribution in [0.3, 0.4) is 0 Å². The van der Waals surface area contributed by atoms with Gasteiger partial charge >= 0.3 is 0 Å². The fourth-order valence-corrected chi connectivity index (χ4v) is 3.45. The first kappa shape index (κ1) is 16.7. The van der Waals surface area contributed by atoms with E-state index < -0.39 is 0 Å². The lowest BCUT2D eigenvalue weighted by molar-refractivity contribution is 0.570. The summed E-state index contributed by atoms with van der Waals surface area (Å²) in [7, 11) is 1.39. The van der Waals surface area contributed by atoms with E-state index in [0.717, 1.165) is 6.16 Å². The molecule has 19 heavy (non-hydrogen) atoms. The van der Waals surface area contributed by atoms with Gasteiger partial charge < -0.3 is 5.73 Å². The van der Waals surface area contributed by atoms with Gasteiger partial charge in [0.15, 0.2) is 0 Å². The van der Waals surface area contributed by atoms with Gasteiger partial charge in [-0.2, -0.15) is 0 Å². The molecule has 0 aromatic heterocycles. The predicted octanol–water partition coefficient (Wildman–Crippen LogP) is 4.33. The monoisotopic (exact) mass is 278 g/mol. The molecule has 0 amide bonds. The van der Waals surface area contributed by atoms with Crippen LogP contribution in [0.4, 0.5) is 0 Å². The summed E-state index contributed by atoms with van der Waals surface area (Å²) < 4.78 is 0. The van der Waals surface area contributed by atoms with Crippen molar-refractivity contribution in [3.05, 3.63) is 28.8 Å². The fourth-order valence-electron chi connectivity index (χ4n) is 2.20. The summed E-state index contributed by atoms with van der Waals surface area (Å²) >= 11 is 0. The summed E-state index contributed by atoms with van der Waals surface area (Å²) in [5.41, 5.74) is 10.5. The largest absolute Gasteiger partial charge is 0.326 e. The van der Waals surface area contributed by atoms with Crippen LogP contribution >= 0.6 is 8.58 Å². The van der Waals surface area contributed by atoms with Gasteiger partial charge in [-0.3, -0.25) is 0 Å². The van der Waals surface area contributed by atoms with Crippen molar-refractivity contribution in [2.24, 2.45) is 5.73 Å². The van der Waals surface area contributed by atoms with Crippen LogP contribution in [0.15, 0.2) is 12.1 Å². The Morgan fingerprint density at radius 2 is 1.58 bits per heavy atom. The SMILES string of the molecule is CC[P]c1c(CN)cc(C(C)(C)C)cc1C(C)(C)C. The number of nitrogens with two attached hydrogens (primary N) is 1. The number of rotatable bonds is 3. The van der Waals surface area contributed by atoms with Gasteiger partial charge in [0, 0.05) is 6.54 Å². The molecule has 1 nitrogen and oxygen atoms in total. The first-order chi connectivity index (χ1) is 8.61. The lowest BCUT2D eigenvalue weighted by atomic mass is 9.79. The molecule has 1 aromatic rings. The third-order valence-electron chi connectivity index (χ3n) is 3.40. The average Bonchev–Trinajstić information content (AvgIpc) is 2.26. The van der Waals surface area contributed by atoms with E-state index in [4.69, 9.17) is 5.73 Å². The molecule has 0 aliphatic carbocycles. The maximum atomic E-state index is 6.00. The van der Waals surface area contributed by atoms with E-state index in [-0.39, 0.29) is 10.8 Å². The zero-order valence-electron chi connectivity index (χ0n) is 13.6. The topological polar surface area (TPSA) is 26.0 Å². The molecule has 0 bridgehead atoms. The van der Waals surface area contributed by atoms with Gasteiger partial charge in [-0.25, -0.2) is 0 Å². The highest BCUT2D eigenvalue weighted by molar-refractivity contribution is 7.47. The Bertz CT molecular complexity index is 436. The molecule has 1 rings (SSSR count). The zero-order chi connectivity index (χ0) is 14.8. The standard InChI is InChI=1S/C17H29NP/c1-8-19-15-12(11-18)9-13(16(2,3)4)10-14(15)17(5,6)7/h9-10H,8,11,18H2,1-7H3.